The van der Waals surface area contributed by atoms with E-state index in [4.69, 9.17) is 9.72 Å². The van der Waals surface area contributed by atoms with Crippen molar-refractivity contribution in [2.75, 3.05) is 24.9 Å². The lowest BCUT2D eigenvalue weighted by Crippen LogP contribution is -2.29. The minimum atomic E-state index is -3.97. The minimum absolute atomic E-state index is 0.0273. The maximum absolute atomic E-state index is 13.3. The fourth-order valence-electron chi connectivity index (χ4n) is 5.86. The smallest absolute Gasteiger partial charge is 0.267 e. The number of hydrogen-bond donors (Lipinski definition) is 1. The summed E-state index contributed by atoms with van der Waals surface area (Å²) in [6, 6.07) is 16.5. The van der Waals surface area contributed by atoms with Crippen molar-refractivity contribution in [3.8, 4) is 22.9 Å². The van der Waals surface area contributed by atoms with Crippen molar-refractivity contribution in [1.29, 1.82) is 0 Å². The van der Waals surface area contributed by atoms with Gasteiger partial charge in [0.25, 0.3) is 10.0 Å². The molecule has 1 N–H and O–H groups in total. The number of aromatic nitrogens is 4. The molecule has 1 saturated heterocycles. The van der Waals surface area contributed by atoms with Crippen LogP contribution in [-0.2, 0) is 23.5 Å². The van der Waals surface area contributed by atoms with E-state index in [1.165, 1.54) is 22.6 Å². The van der Waals surface area contributed by atoms with E-state index < -0.39 is 10.0 Å². The molecule has 2 fully saturated rings. The molecule has 0 amide bonds. The van der Waals surface area contributed by atoms with Gasteiger partial charge in [-0.25, -0.2) is 18.1 Å². The second kappa shape index (κ2) is 12.1. The zero-order valence-corrected chi connectivity index (χ0v) is 26.1. The molecule has 2 aromatic carbocycles. The number of piperidine rings is 1. The van der Waals surface area contributed by atoms with Gasteiger partial charge < -0.3 is 9.64 Å². The van der Waals surface area contributed by atoms with Crippen LogP contribution in [0.3, 0.4) is 0 Å². The molecule has 1 saturated carbocycles. The molecule has 226 valence electrons. The molecule has 0 unspecified atom stereocenters. The maximum Gasteiger partial charge on any atom is 0.267 e. The van der Waals surface area contributed by atoms with Gasteiger partial charge in [-0.3, -0.25) is 4.68 Å². The number of likely N-dealkylation sites (tertiary alicyclic amines) is 1. The van der Waals surface area contributed by atoms with E-state index in [0.717, 1.165) is 67.6 Å². The van der Waals surface area contributed by atoms with E-state index in [1.807, 2.05) is 24.3 Å². The molecule has 2 aliphatic rings. The summed E-state index contributed by atoms with van der Waals surface area (Å²) in [6.45, 7) is 6.59. The molecule has 3 heterocycles. The highest BCUT2D eigenvalue weighted by Crippen LogP contribution is 2.49. The average Bonchev–Trinajstić information content (AvgIpc) is 3.71. The van der Waals surface area contributed by atoms with E-state index in [-0.39, 0.29) is 16.8 Å². The molecule has 2 aromatic heterocycles. The lowest BCUT2D eigenvalue weighted by atomic mass is 9.90. The molecule has 0 spiro atoms. The highest BCUT2D eigenvalue weighted by Gasteiger charge is 2.34. The van der Waals surface area contributed by atoms with Crippen molar-refractivity contribution in [1.82, 2.24) is 24.6 Å². The molecule has 43 heavy (non-hydrogen) atoms. The van der Waals surface area contributed by atoms with Gasteiger partial charge in [0.05, 0.1) is 11.9 Å². The molecule has 4 aromatic rings. The van der Waals surface area contributed by atoms with Gasteiger partial charge in [-0.2, -0.15) is 10.1 Å². The molecular weight excluding hydrogens is 560 g/mol. The lowest BCUT2D eigenvalue weighted by Gasteiger charge is -2.29. The van der Waals surface area contributed by atoms with Crippen molar-refractivity contribution in [2.24, 2.45) is 13.0 Å². The first-order chi connectivity index (χ1) is 20.7. The van der Waals surface area contributed by atoms with Crippen LogP contribution in [0.1, 0.15) is 68.1 Å². The Morgan fingerprint density at radius 3 is 2.33 bits per heavy atom. The van der Waals surface area contributed by atoms with Crippen LogP contribution in [0.4, 0.5) is 5.95 Å². The van der Waals surface area contributed by atoms with Crippen LogP contribution < -0.4 is 9.46 Å². The second-order valence-electron chi connectivity index (χ2n) is 12.3. The first-order valence-corrected chi connectivity index (χ1v) is 16.6. The maximum atomic E-state index is 13.3. The Balaban J connectivity index is 1.41. The lowest BCUT2D eigenvalue weighted by molar-refractivity contribution is 0.255. The van der Waals surface area contributed by atoms with Crippen molar-refractivity contribution in [2.45, 2.75) is 62.7 Å². The summed E-state index contributed by atoms with van der Waals surface area (Å²) in [7, 11) is -0.119. The Kier molecular flexibility index (Phi) is 8.24. The van der Waals surface area contributed by atoms with E-state index in [1.54, 1.807) is 7.05 Å². The summed E-state index contributed by atoms with van der Waals surface area (Å²) in [5, 5.41) is 4.02. The van der Waals surface area contributed by atoms with Crippen LogP contribution in [0.2, 0.25) is 0 Å². The van der Waals surface area contributed by atoms with Gasteiger partial charge in [0.1, 0.15) is 10.6 Å². The summed E-state index contributed by atoms with van der Waals surface area (Å²) in [5.41, 5.74) is 5.10. The van der Waals surface area contributed by atoms with Gasteiger partial charge in [-0.15, -0.1) is 0 Å². The van der Waals surface area contributed by atoms with Gasteiger partial charge in [0.2, 0.25) is 11.8 Å². The Hall–Kier alpha value is -3.76. The van der Waals surface area contributed by atoms with Gasteiger partial charge in [0.15, 0.2) is 0 Å². The van der Waals surface area contributed by atoms with Crippen LogP contribution >= 0.6 is 0 Å². The third kappa shape index (κ3) is 6.75. The Labute approximate surface area is 254 Å². The number of sulfonamides is 1. The average molecular weight is 601 g/mol. The summed E-state index contributed by atoms with van der Waals surface area (Å²) in [4.78, 5) is 12.0. The van der Waals surface area contributed by atoms with Gasteiger partial charge >= 0.3 is 0 Å². The molecule has 9 nitrogen and oxygen atoms in total. The number of nitrogens with one attached hydrogen (secondary N) is 1. The molecule has 6 rings (SSSR count). The predicted molar refractivity (Wildman–Crippen MR) is 168 cm³/mol. The van der Waals surface area contributed by atoms with Crippen molar-refractivity contribution < 1.29 is 13.2 Å². The number of benzene rings is 2. The molecule has 0 atom stereocenters. The zero-order chi connectivity index (χ0) is 30.1. The minimum Gasteiger partial charge on any atom is -0.439 e. The zero-order valence-electron chi connectivity index (χ0n) is 25.3. The van der Waals surface area contributed by atoms with Gasteiger partial charge in [0, 0.05) is 24.4 Å². The molecule has 1 aliphatic heterocycles. The van der Waals surface area contributed by atoms with Crippen LogP contribution in [0, 0.1) is 5.92 Å². The fraction of sp³-hybridized carbons (Fsp3) is 0.424. The quantitative estimate of drug-likeness (QED) is 0.226. The van der Waals surface area contributed by atoms with Crippen LogP contribution in [-0.4, -0.2) is 53.2 Å². The number of anilines is 1. The van der Waals surface area contributed by atoms with Gasteiger partial charge in [-0.1, -0.05) is 50.2 Å². The predicted octanol–water partition coefficient (Wildman–Crippen LogP) is 6.36. The normalized spacial score (nSPS) is 16.5. The van der Waals surface area contributed by atoms with Crippen molar-refractivity contribution >= 4 is 16.0 Å². The third-order valence-corrected chi connectivity index (χ3v) is 9.58. The molecule has 1 aliphatic carbocycles. The number of ether oxygens (including phenoxy) is 1. The van der Waals surface area contributed by atoms with Crippen molar-refractivity contribution in [3.05, 3.63) is 77.6 Å². The highest BCUT2D eigenvalue weighted by atomic mass is 32.2. The molecular formula is C33H40N6O3S. The number of nitrogens with zero attached hydrogens (tertiary/aromatic N) is 5. The Bertz CT molecular complexity index is 1690. The monoisotopic (exact) mass is 600 g/mol. The first-order valence-electron chi connectivity index (χ1n) is 15.1. The van der Waals surface area contributed by atoms with Gasteiger partial charge in [-0.05, 0) is 93.3 Å². The van der Waals surface area contributed by atoms with E-state index in [0.29, 0.717) is 23.5 Å². The Morgan fingerprint density at radius 2 is 1.67 bits per heavy atom. The van der Waals surface area contributed by atoms with Crippen molar-refractivity contribution in [3.63, 3.8) is 0 Å². The topological polar surface area (TPSA) is 102 Å². The number of rotatable bonds is 10. The molecule has 0 radical (unpaired) electrons. The summed E-state index contributed by atoms with van der Waals surface area (Å²) < 4.78 is 37.1. The van der Waals surface area contributed by atoms with Crippen LogP contribution in [0.25, 0.3) is 11.3 Å². The Morgan fingerprint density at radius 1 is 0.953 bits per heavy atom. The summed E-state index contributed by atoms with van der Waals surface area (Å²) >= 11 is 0. The van der Waals surface area contributed by atoms with E-state index in [2.05, 4.69) is 64.9 Å². The largest absolute Gasteiger partial charge is 0.439 e. The molecule has 10 heteroatoms. The van der Waals surface area contributed by atoms with Crippen LogP contribution in [0.15, 0.2) is 65.8 Å². The molecule has 0 bridgehead atoms. The number of hydrogen-bond acceptors (Lipinski definition) is 7. The van der Waals surface area contributed by atoms with Crippen LogP contribution in [0.5, 0.6) is 11.6 Å². The SMILES string of the molecule is CC(C)Cc1ccccc1-c1nc(NS(=O)(=O)c2cnn(C)c2)nc(Oc2ccc(C3CCN(C)CC3)cc2)c1C1CC1. The fourth-order valence-corrected chi connectivity index (χ4v) is 6.79. The van der Waals surface area contributed by atoms with E-state index >= 15 is 0 Å². The number of aryl methyl sites for hydroxylation is 1. The third-order valence-electron chi connectivity index (χ3n) is 8.30. The standard InChI is InChI=1S/C33H40N6O3S/c1-22(2)19-26-7-5-6-8-29(26)31-30(25-9-10-25)32(36-33(35-31)37-43(40,41)28-20-34-39(4)21-28)42-27-13-11-23(12-14-27)24-15-17-38(3)18-16-24/h5-8,11-14,20-22,24-25H,9-10,15-19H2,1-4H3,(H,35,36,37). The first kappa shape index (κ1) is 29.3. The second-order valence-corrected chi connectivity index (χ2v) is 14.0. The van der Waals surface area contributed by atoms with E-state index in [9.17, 15) is 8.42 Å². The highest BCUT2D eigenvalue weighted by molar-refractivity contribution is 7.92. The summed E-state index contributed by atoms with van der Waals surface area (Å²) in [6.07, 6.45) is 7.94. The summed E-state index contributed by atoms with van der Waals surface area (Å²) in [5.74, 6) is 2.27.